The molecule has 0 spiro atoms. The van der Waals surface area contributed by atoms with Crippen molar-refractivity contribution in [1.82, 2.24) is 9.62 Å². The summed E-state index contributed by atoms with van der Waals surface area (Å²) in [5, 5.41) is 10.2. The third-order valence-electron chi connectivity index (χ3n) is 3.69. The van der Waals surface area contributed by atoms with Crippen LogP contribution in [-0.4, -0.2) is 50.6 Å². The molecule has 0 radical (unpaired) electrons. The molecule has 0 unspecified atom stereocenters. The molecule has 118 valence electrons. The molecule has 1 aliphatic heterocycles. The molecular weight excluding hydrogens is 312 g/mol. The van der Waals surface area contributed by atoms with Gasteiger partial charge in [-0.05, 0) is 37.9 Å². The Labute approximate surface area is 128 Å². The first-order valence-electron chi connectivity index (χ1n) is 6.92. The molecule has 0 aromatic carbocycles. The van der Waals surface area contributed by atoms with Crippen LogP contribution in [0.1, 0.15) is 29.4 Å². The molecule has 0 saturated carbocycles. The Morgan fingerprint density at radius 2 is 2.14 bits per heavy atom. The first kappa shape index (κ1) is 16.4. The molecule has 0 aliphatic carbocycles. The van der Waals surface area contributed by atoms with Gasteiger partial charge in [-0.3, -0.25) is 0 Å². The van der Waals surface area contributed by atoms with Crippen LogP contribution in [0.15, 0.2) is 16.3 Å². The summed E-state index contributed by atoms with van der Waals surface area (Å²) in [7, 11) is -3.61. The van der Waals surface area contributed by atoms with Gasteiger partial charge < -0.3 is 10.0 Å². The average molecular weight is 332 g/mol. The van der Waals surface area contributed by atoms with Gasteiger partial charge in [-0.1, -0.05) is 6.92 Å². The Morgan fingerprint density at radius 3 is 2.71 bits per heavy atom. The molecule has 0 atom stereocenters. The largest absolute Gasteiger partial charge is 0.477 e. The van der Waals surface area contributed by atoms with Gasteiger partial charge in [0.1, 0.15) is 4.88 Å². The lowest BCUT2D eigenvalue weighted by atomic mass is 9.99. The van der Waals surface area contributed by atoms with E-state index in [9.17, 15) is 13.2 Å². The highest BCUT2D eigenvalue weighted by atomic mass is 32.2. The van der Waals surface area contributed by atoms with Crippen molar-refractivity contribution in [3.63, 3.8) is 0 Å². The molecule has 1 aromatic rings. The summed E-state index contributed by atoms with van der Waals surface area (Å²) in [5.41, 5.74) is 0. The molecule has 21 heavy (non-hydrogen) atoms. The number of nitrogens with zero attached hydrogens (tertiary/aromatic N) is 1. The molecule has 1 aromatic heterocycles. The van der Waals surface area contributed by atoms with Gasteiger partial charge in [0.2, 0.25) is 10.0 Å². The van der Waals surface area contributed by atoms with Crippen LogP contribution in [0.5, 0.6) is 0 Å². The smallest absolute Gasteiger partial charge is 0.345 e. The number of thiophene rings is 1. The SMILES string of the molecule is CC1CCN(CCNS(=O)(=O)c2csc(C(=O)O)c2)CC1. The number of carboxylic acids is 1. The van der Waals surface area contributed by atoms with E-state index in [4.69, 9.17) is 5.11 Å². The number of hydrogen-bond acceptors (Lipinski definition) is 5. The number of carbonyl (C=O) groups is 1. The molecule has 2 N–H and O–H groups in total. The fraction of sp³-hybridized carbons (Fsp3) is 0.615. The number of piperidine rings is 1. The average Bonchev–Trinajstić information content (AvgIpc) is 2.91. The Kier molecular flexibility index (Phi) is 5.37. The second-order valence-corrected chi connectivity index (χ2v) is 8.05. The summed E-state index contributed by atoms with van der Waals surface area (Å²) in [6, 6.07) is 1.19. The lowest BCUT2D eigenvalue weighted by Gasteiger charge is -2.30. The van der Waals surface area contributed by atoms with Gasteiger partial charge in [0.25, 0.3) is 0 Å². The number of carboxylic acid groups (broad SMARTS) is 1. The highest BCUT2D eigenvalue weighted by Crippen LogP contribution is 2.19. The first-order chi connectivity index (χ1) is 9.88. The highest BCUT2D eigenvalue weighted by molar-refractivity contribution is 7.89. The summed E-state index contributed by atoms with van der Waals surface area (Å²) in [4.78, 5) is 13.1. The van der Waals surface area contributed by atoms with Gasteiger partial charge in [0.05, 0.1) is 4.90 Å². The number of nitrogens with one attached hydrogen (secondary N) is 1. The molecule has 2 rings (SSSR count). The number of aromatic carboxylic acids is 1. The first-order valence-corrected chi connectivity index (χ1v) is 9.28. The maximum atomic E-state index is 12.0. The molecule has 1 aliphatic rings. The molecule has 6 nitrogen and oxygen atoms in total. The Hall–Kier alpha value is -0.960. The fourth-order valence-corrected chi connectivity index (χ4v) is 4.41. The normalized spacial score (nSPS) is 18.0. The fourth-order valence-electron chi connectivity index (χ4n) is 2.28. The van der Waals surface area contributed by atoms with Crippen LogP contribution in [0.25, 0.3) is 0 Å². The molecule has 1 saturated heterocycles. The second-order valence-electron chi connectivity index (χ2n) is 5.37. The van der Waals surface area contributed by atoms with Crippen molar-refractivity contribution in [3.8, 4) is 0 Å². The summed E-state index contributed by atoms with van der Waals surface area (Å²) < 4.78 is 26.6. The number of rotatable bonds is 6. The monoisotopic (exact) mass is 332 g/mol. The second kappa shape index (κ2) is 6.87. The standard InChI is InChI=1S/C13H20N2O4S2/c1-10-2-5-15(6-3-10)7-4-14-21(18,19)11-8-12(13(16)17)20-9-11/h8-10,14H,2-7H2,1H3,(H,16,17). The van der Waals surface area contributed by atoms with E-state index in [1.807, 2.05) is 0 Å². The van der Waals surface area contributed by atoms with E-state index in [0.29, 0.717) is 13.1 Å². The van der Waals surface area contributed by atoms with Crippen molar-refractivity contribution in [3.05, 3.63) is 16.3 Å². The Bertz CT molecular complexity index is 589. The van der Waals surface area contributed by atoms with Crippen molar-refractivity contribution < 1.29 is 18.3 Å². The number of sulfonamides is 1. The summed E-state index contributed by atoms with van der Waals surface area (Å²) in [5.74, 6) is -0.359. The van der Waals surface area contributed by atoms with Crippen LogP contribution in [0.3, 0.4) is 0 Å². The van der Waals surface area contributed by atoms with E-state index in [0.717, 1.165) is 43.2 Å². The lowest BCUT2D eigenvalue weighted by Crippen LogP contribution is -2.39. The molecule has 8 heteroatoms. The maximum Gasteiger partial charge on any atom is 0.345 e. The van der Waals surface area contributed by atoms with Gasteiger partial charge in [-0.15, -0.1) is 11.3 Å². The molecule has 0 amide bonds. The molecule has 1 fully saturated rings. The van der Waals surface area contributed by atoms with Crippen molar-refractivity contribution >= 4 is 27.3 Å². The van der Waals surface area contributed by atoms with Crippen molar-refractivity contribution in [2.45, 2.75) is 24.7 Å². The van der Waals surface area contributed by atoms with Crippen LogP contribution >= 0.6 is 11.3 Å². The van der Waals surface area contributed by atoms with Crippen molar-refractivity contribution in [2.75, 3.05) is 26.2 Å². The minimum Gasteiger partial charge on any atom is -0.477 e. The van der Waals surface area contributed by atoms with Gasteiger partial charge in [-0.2, -0.15) is 0 Å². The number of hydrogen-bond donors (Lipinski definition) is 2. The molecule has 0 bridgehead atoms. The quantitative estimate of drug-likeness (QED) is 0.823. The zero-order valence-electron chi connectivity index (χ0n) is 11.9. The van der Waals surface area contributed by atoms with Crippen LogP contribution in [0, 0.1) is 5.92 Å². The van der Waals surface area contributed by atoms with Crippen LogP contribution in [0.4, 0.5) is 0 Å². The highest BCUT2D eigenvalue weighted by Gasteiger charge is 2.19. The van der Waals surface area contributed by atoms with E-state index in [-0.39, 0.29) is 9.77 Å². The van der Waals surface area contributed by atoms with E-state index >= 15 is 0 Å². The van der Waals surface area contributed by atoms with Crippen LogP contribution in [-0.2, 0) is 10.0 Å². The predicted octanol–water partition coefficient (Wildman–Crippen LogP) is 1.46. The summed E-state index contributed by atoms with van der Waals surface area (Å²) >= 11 is 0.917. The van der Waals surface area contributed by atoms with Crippen LogP contribution in [0.2, 0.25) is 0 Å². The van der Waals surface area contributed by atoms with Crippen molar-refractivity contribution in [1.29, 1.82) is 0 Å². The minimum absolute atomic E-state index is 0.0252. The van der Waals surface area contributed by atoms with Crippen molar-refractivity contribution in [2.24, 2.45) is 5.92 Å². The van der Waals surface area contributed by atoms with E-state index in [2.05, 4.69) is 16.5 Å². The third-order valence-corrected chi connectivity index (χ3v) is 6.20. The van der Waals surface area contributed by atoms with Gasteiger partial charge >= 0.3 is 5.97 Å². The van der Waals surface area contributed by atoms with Crippen LogP contribution < -0.4 is 4.72 Å². The summed E-state index contributed by atoms with van der Waals surface area (Å²) in [6.45, 7) is 5.27. The van der Waals surface area contributed by atoms with E-state index in [1.165, 1.54) is 11.4 Å². The van der Waals surface area contributed by atoms with Gasteiger partial charge in [0, 0.05) is 18.5 Å². The van der Waals surface area contributed by atoms with Gasteiger partial charge in [-0.25, -0.2) is 17.9 Å². The number of likely N-dealkylation sites (tertiary alicyclic amines) is 1. The lowest BCUT2D eigenvalue weighted by molar-refractivity contribution is 0.0702. The Morgan fingerprint density at radius 1 is 1.48 bits per heavy atom. The molecular formula is C13H20N2O4S2. The topological polar surface area (TPSA) is 86.7 Å². The third kappa shape index (κ3) is 4.50. The minimum atomic E-state index is -3.61. The Balaban J connectivity index is 1.85. The van der Waals surface area contributed by atoms with E-state index in [1.54, 1.807) is 0 Å². The van der Waals surface area contributed by atoms with E-state index < -0.39 is 16.0 Å². The zero-order chi connectivity index (χ0) is 15.5. The van der Waals surface area contributed by atoms with Gasteiger partial charge in [0.15, 0.2) is 0 Å². The maximum absolute atomic E-state index is 12.0. The predicted molar refractivity (Wildman–Crippen MR) is 81.3 cm³/mol. The summed E-state index contributed by atoms with van der Waals surface area (Å²) in [6.07, 6.45) is 2.30. The molecule has 2 heterocycles. The zero-order valence-corrected chi connectivity index (χ0v) is 13.5.